The summed E-state index contributed by atoms with van der Waals surface area (Å²) < 4.78 is 24.9. The third-order valence-corrected chi connectivity index (χ3v) is 3.78. The smallest absolute Gasteiger partial charge is 0.229 e. The predicted molar refractivity (Wildman–Crippen MR) is 77.8 cm³/mol. The van der Waals surface area contributed by atoms with Gasteiger partial charge in [-0.3, -0.25) is 4.72 Å². The van der Waals surface area contributed by atoms with E-state index >= 15 is 0 Å². The fraction of sp³-hybridized carbons (Fsp3) is 0.538. The number of hydrogen-bond donors (Lipinski definition) is 2. The molecule has 1 aromatic carbocycles. The van der Waals surface area contributed by atoms with Gasteiger partial charge in [-0.25, -0.2) is 8.42 Å². The lowest BCUT2D eigenvalue weighted by atomic mass is 9.97. The Balaban J connectivity index is 3.10. The summed E-state index contributed by atoms with van der Waals surface area (Å²) >= 11 is 0. The Morgan fingerprint density at radius 1 is 1.32 bits per heavy atom. The van der Waals surface area contributed by atoms with Crippen LogP contribution in [-0.2, 0) is 10.0 Å². The second-order valence-corrected chi connectivity index (χ2v) is 6.84. The molecule has 2 unspecified atom stereocenters. The van der Waals surface area contributed by atoms with E-state index in [9.17, 15) is 13.5 Å². The van der Waals surface area contributed by atoms with Gasteiger partial charge >= 0.3 is 0 Å². The number of likely N-dealkylation sites (N-methyl/N-ethyl adjacent to an activating group) is 1. The van der Waals surface area contributed by atoms with Gasteiger partial charge in [0.05, 0.1) is 12.4 Å². The van der Waals surface area contributed by atoms with Crippen LogP contribution in [0, 0.1) is 6.92 Å². The molecule has 108 valence electrons. The van der Waals surface area contributed by atoms with Gasteiger partial charge in [0.15, 0.2) is 0 Å². The Labute approximate surface area is 115 Å². The first-order valence-corrected chi connectivity index (χ1v) is 7.94. The minimum atomic E-state index is -3.31. The van der Waals surface area contributed by atoms with Crippen molar-refractivity contribution in [2.45, 2.75) is 26.0 Å². The summed E-state index contributed by atoms with van der Waals surface area (Å²) in [5.74, 6) is 0. The zero-order chi connectivity index (χ0) is 14.8. The molecular formula is C13H22N2O3S. The summed E-state index contributed by atoms with van der Waals surface area (Å²) in [5, 5.41) is 10.3. The minimum absolute atomic E-state index is 0.0628. The van der Waals surface area contributed by atoms with E-state index in [1.54, 1.807) is 18.2 Å². The molecule has 0 spiro atoms. The molecule has 5 nitrogen and oxygen atoms in total. The van der Waals surface area contributed by atoms with Gasteiger partial charge in [0.1, 0.15) is 0 Å². The van der Waals surface area contributed by atoms with E-state index in [0.717, 1.165) is 17.4 Å². The molecule has 0 radical (unpaired) electrons. The van der Waals surface area contributed by atoms with E-state index in [0.29, 0.717) is 5.69 Å². The van der Waals surface area contributed by atoms with Crippen molar-refractivity contribution in [3.05, 3.63) is 29.3 Å². The zero-order valence-corrected chi connectivity index (χ0v) is 12.8. The number of aliphatic hydroxyl groups is 1. The molecule has 2 atom stereocenters. The van der Waals surface area contributed by atoms with Gasteiger partial charge in [0.2, 0.25) is 10.0 Å². The Bertz CT molecular complexity index is 541. The van der Waals surface area contributed by atoms with Crippen molar-refractivity contribution in [2.24, 2.45) is 0 Å². The standard InChI is InChI=1S/C13H22N2O3S/c1-9-6-7-11(14-19(5,17)18)8-12(9)13(16)10(2)15(3)4/h6-8,10,13-14,16H,1-5H3. The molecule has 0 heterocycles. The molecular weight excluding hydrogens is 264 g/mol. The van der Waals surface area contributed by atoms with E-state index in [1.807, 2.05) is 32.8 Å². The zero-order valence-electron chi connectivity index (χ0n) is 12.0. The summed E-state index contributed by atoms with van der Waals surface area (Å²) in [6, 6.07) is 5.11. The lowest BCUT2D eigenvalue weighted by Crippen LogP contribution is -2.31. The van der Waals surface area contributed by atoms with Crippen LogP contribution < -0.4 is 4.72 Å². The van der Waals surface area contributed by atoms with Crippen LogP contribution >= 0.6 is 0 Å². The summed E-state index contributed by atoms with van der Waals surface area (Å²) in [7, 11) is 0.470. The van der Waals surface area contributed by atoms with Gasteiger partial charge in [-0.1, -0.05) is 6.07 Å². The molecule has 0 aliphatic carbocycles. The molecule has 1 rings (SSSR count). The maximum atomic E-state index is 11.2. The van der Waals surface area contributed by atoms with Crippen LogP contribution in [0.2, 0.25) is 0 Å². The van der Waals surface area contributed by atoms with Crippen LogP contribution in [0.15, 0.2) is 18.2 Å². The molecule has 0 saturated carbocycles. The molecule has 0 fully saturated rings. The highest BCUT2D eigenvalue weighted by molar-refractivity contribution is 7.92. The SMILES string of the molecule is Cc1ccc(NS(C)(=O)=O)cc1C(O)C(C)N(C)C. The summed E-state index contributed by atoms with van der Waals surface area (Å²) in [6.07, 6.45) is 0.433. The van der Waals surface area contributed by atoms with Crippen molar-refractivity contribution in [1.29, 1.82) is 0 Å². The Kier molecular flexibility index (Phi) is 4.95. The van der Waals surface area contributed by atoms with Gasteiger partial charge in [0.25, 0.3) is 0 Å². The van der Waals surface area contributed by atoms with Gasteiger partial charge in [-0.15, -0.1) is 0 Å². The fourth-order valence-electron chi connectivity index (χ4n) is 1.78. The van der Waals surface area contributed by atoms with Gasteiger partial charge in [0, 0.05) is 11.7 Å². The van der Waals surface area contributed by atoms with Crippen LogP contribution in [0.5, 0.6) is 0 Å². The molecule has 6 heteroatoms. The first kappa shape index (κ1) is 15.9. The monoisotopic (exact) mass is 286 g/mol. The molecule has 2 N–H and O–H groups in total. The maximum absolute atomic E-state index is 11.2. The Morgan fingerprint density at radius 2 is 1.89 bits per heavy atom. The number of rotatable bonds is 5. The summed E-state index contributed by atoms with van der Waals surface area (Å²) in [5.41, 5.74) is 2.13. The minimum Gasteiger partial charge on any atom is -0.387 e. The average Bonchev–Trinajstić information content (AvgIpc) is 2.27. The number of aryl methyl sites for hydroxylation is 1. The lowest BCUT2D eigenvalue weighted by molar-refractivity contribution is 0.0854. The van der Waals surface area contributed by atoms with Crippen LogP contribution in [-0.4, -0.2) is 44.8 Å². The quantitative estimate of drug-likeness (QED) is 0.857. The molecule has 19 heavy (non-hydrogen) atoms. The second kappa shape index (κ2) is 5.90. The number of nitrogens with one attached hydrogen (secondary N) is 1. The summed E-state index contributed by atoms with van der Waals surface area (Å²) in [6.45, 7) is 3.81. The van der Waals surface area contributed by atoms with Crippen LogP contribution in [0.3, 0.4) is 0 Å². The molecule has 0 bridgehead atoms. The third kappa shape index (κ3) is 4.49. The highest BCUT2D eigenvalue weighted by Crippen LogP contribution is 2.26. The molecule has 1 aromatic rings. The largest absolute Gasteiger partial charge is 0.387 e. The number of aliphatic hydroxyl groups excluding tert-OH is 1. The fourth-order valence-corrected chi connectivity index (χ4v) is 2.33. The predicted octanol–water partition coefficient (Wildman–Crippen LogP) is 1.35. The van der Waals surface area contributed by atoms with Crippen molar-refractivity contribution < 1.29 is 13.5 Å². The first-order valence-electron chi connectivity index (χ1n) is 6.04. The van der Waals surface area contributed by atoms with Crippen molar-refractivity contribution in [1.82, 2.24) is 4.90 Å². The van der Waals surface area contributed by atoms with E-state index < -0.39 is 16.1 Å². The average molecular weight is 286 g/mol. The molecule has 0 aromatic heterocycles. The number of hydrogen-bond acceptors (Lipinski definition) is 4. The molecule has 0 aliphatic rings. The Morgan fingerprint density at radius 3 is 2.37 bits per heavy atom. The number of anilines is 1. The third-order valence-electron chi connectivity index (χ3n) is 3.17. The van der Waals surface area contributed by atoms with E-state index in [1.165, 1.54) is 0 Å². The van der Waals surface area contributed by atoms with E-state index in [2.05, 4.69) is 4.72 Å². The topological polar surface area (TPSA) is 69.6 Å². The highest BCUT2D eigenvalue weighted by atomic mass is 32.2. The number of nitrogens with zero attached hydrogens (tertiary/aromatic N) is 1. The van der Waals surface area contributed by atoms with Gasteiger partial charge in [-0.05, 0) is 51.2 Å². The lowest BCUT2D eigenvalue weighted by Gasteiger charge is -2.27. The van der Waals surface area contributed by atoms with E-state index in [-0.39, 0.29) is 6.04 Å². The van der Waals surface area contributed by atoms with Gasteiger partial charge < -0.3 is 10.0 Å². The van der Waals surface area contributed by atoms with E-state index in [4.69, 9.17) is 0 Å². The van der Waals surface area contributed by atoms with Crippen molar-refractivity contribution in [3.63, 3.8) is 0 Å². The second-order valence-electron chi connectivity index (χ2n) is 5.09. The highest BCUT2D eigenvalue weighted by Gasteiger charge is 2.20. The molecule has 0 aliphatic heterocycles. The van der Waals surface area contributed by atoms with Crippen molar-refractivity contribution >= 4 is 15.7 Å². The maximum Gasteiger partial charge on any atom is 0.229 e. The first-order chi connectivity index (χ1) is 8.61. The summed E-state index contributed by atoms with van der Waals surface area (Å²) in [4.78, 5) is 1.92. The number of sulfonamides is 1. The number of benzene rings is 1. The van der Waals surface area contributed by atoms with Crippen molar-refractivity contribution in [2.75, 3.05) is 25.1 Å². The van der Waals surface area contributed by atoms with Crippen LogP contribution in [0.4, 0.5) is 5.69 Å². The van der Waals surface area contributed by atoms with Crippen molar-refractivity contribution in [3.8, 4) is 0 Å². The van der Waals surface area contributed by atoms with Crippen LogP contribution in [0.1, 0.15) is 24.2 Å². The van der Waals surface area contributed by atoms with Crippen LogP contribution in [0.25, 0.3) is 0 Å². The normalized spacial score (nSPS) is 15.3. The molecule has 0 saturated heterocycles. The Hall–Kier alpha value is -1.11. The van der Waals surface area contributed by atoms with Gasteiger partial charge in [-0.2, -0.15) is 0 Å². The molecule has 0 amide bonds.